The third kappa shape index (κ3) is 3.79. The summed E-state index contributed by atoms with van der Waals surface area (Å²) < 4.78 is 48.1. The van der Waals surface area contributed by atoms with Gasteiger partial charge in [0.15, 0.2) is 0 Å². The molecule has 0 radical (unpaired) electrons. The van der Waals surface area contributed by atoms with Crippen molar-refractivity contribution in [3.63, 3.8) is 0 Å². The van der Waals surface area contributed by atoms with Crippen molar-refractivity contribution in [1.82, 2.24) is 0 Å². The molecule has 0 aromatic heterocycles. The van der Waals surface area contributed by atoms with Crippen LogP contribution in [0.25, 0.3) is 0 Å². The second-order valence-corrected chi connectivity index (χ2v) is 4.06. The van der Waals surface area contributed by atoms with Gasteiger partial charge in [-0.05, 0) is 12.5 Å². The van der Waals surface area contributed by atoms with Crippen LogP contribution in [0.3, 0.4) is 0 Å². The van der Waals surface area contributed by atoms with Crippen LogP contribution in [0.4, 0.5) is 13.2 Å². The predicted octanol–water partition coefficient (Wildman–Crippen LogP) is 3.38. The minimum Gasteiger partial charge on any atom is -0.507 e. The summed E-state index contributed by atoms with van der Waals surface area (Å²) in [6.45, 7) is 1.85. The number of alkyl halides is 3. The maximum atomic E-state index is 12.9. The van der Waals surface area contributed by atoms with Crippen LogP contribution in [0.1, 0.15) is 35.7 Å². The maximum Gasteiger partial charge on any atom is 0.417 e. The Bertz CT molecular complexity index is 483. The van der Waals surface area contributed by atoms with Crippen LogP contribution >= 0.6 is 0 Å². The highest BCUT2D eigenvalue weighted by molar-refractivity contribution is 5.94. The maximum absolute atomic E-state index is 12.9. The van der Waals surface area contributed by atoms with E-state index in [4.69, 9.17) is 4.74 Å². The lowest BCUT2D eigenvalue weighted by Gasteiger charge is -2.15. The smallest absolute Gasteiger partial charge is 0.417 e. The van der Waals surface area contributed by atoms with Crippen molar-refractivity contribution in [2.75, 3.05) is 13.7 Å². The topological polar surface area (TPSA) is 55.8 Å². The number of esters is 1. The number of phenolic OH excluding ortho intramolecular Hbond substituents is 1. The van der Waals surface area contributed by atoms with Gasteiger partial charge in [-0.3, -0.25) is 0 Å². The fourth-order valence-corrected chi connectivity index (χ4v) is 1.54. The van der Waals surface area contributed by atoms with Crippen LogP contribution in [0.5, 0.6) is 11.5 Å². The molecule has 4 nitrogen and oxygen atoms in total. The number of aromatic hydroxyl groups is 1. The lowest BCUT2D eigenvalue weighted by molar-refractivity contribution is -0.138. The summed E-state index contributed by atoms with van der Waals surface area (Å²) in [5.41, 5.74) is -2.18. The zero-order chi connectivity index (χ0) is 15.3. The van der Waals surface area contributed by atoms with Crippen molar-refractivity contribution >= 4 is 5.97 Å². The van der Waals surface area contributed by atoms with Crippen molar-refractivity contribution < 1.29 is 32.5 Å². The molecule has 1 aromatic rings. The van der Waals surface area contributed by atoms with Crippen LogP contribution in [0, 0.1) is 0 Å². The van der Waals surface area contributed by atoms with E-state index in [1.165, 1.54) is 0 Å². The molecule has 1 aromatic carbocycles. The molecule has 0 aliphatic heterocycles. The molecule has 1 N–H and O–H groups in total. The molecular formula is C13H15F3O4. The summed E-state index contributed by atoms with van der Waals surface area (Å²) >= 11 is 0. The molecule has 0 unspecified atom stereocenters. The Morgan fingerprint density at radius 2 is 2.00 bits per heavy atom. The number of ether oxygens (including phenoxy) is 2. The first-order valence-corrected chi connectivity index (χ1v) is 5.96. The van der Waals surface area contributed by atoms with Gasteiger partial charge in [-0.25, -0.2) is 4.79 Å². The molecule has 0 amide bonds. The number of hydrogen-bond acceptors (Lipinski definition) is 4. The van der Waals surface area contributed by atoms with E-state index in [0.717, 1.165) is 19.6 Å². The quantitative estimate of drug-likeness (QED) is 0.667. The van der Waals surface area contributed by atoms with Crippen molar-refractivity contribution in [2.45, 2.75) is 25.9 Å². The van der Waals surface area contributed by atoms with E-state index >= 15 is 0 Å². The van der Waals surface area contributed by atoms with E-state index < -0.39 is 29.0 Å². The molecule has 0 bridgehead atoms. The SMILES string of the molecule is CCCCOC(=O)c1c(O)cc(OC)cc1C(F)(F)F. The molecule has 112 valence electrons. The van der Waals surface area contributed by atoms with Crippen LogP contribution in [-0.2, 0) is 10.9 Å². The van der Waals surface area contributed by atoms with Crippen molar-refractivity contribution in [3.05, 3.63) is 23.3 Å². The van der Waals surface area contributed by atoms with E-state index in [1.807, 2.05) is 6.92 Å². The van der Waals surface area contributed by atoms with Gasteiger partial charge in [0.05, 0.1) is 19.3 Å². The van der Waals surface area contributed by atoms with Crippen LogP contribution in [0.15, 0.2) is 12.1 Å². The van der Waals surface area contributed by atoms with Gasteiger partial charge in [0.2, 0.25) is 0 Å². The molecule has 0 saturated carbocycles. The zero-order valence-corrected chi connectivity index (χ0v) is 11.1. The molecule has 1 rings (SSSR count). The summed E-state index contributed by atoms with van der Waals surface area (Å²) in [6, 6.07) is 1.59. The minimum atomic E-state index is -4.80. The van der Waals surface area contributed by atoms with Crippen LogP contribution in [0.2, 0.25) is 0 Å². The Morgan fingerprint density at radius 3 is 2.50 bits per heavy atom. The van der Waals surface area contributed by atoms with Gasteiger partial charge in [-0.1, -0.05) is 13.3 Å². The number of carbonyl (C=O) groups excluding carboxylic acids is 1. The summed E-state index contributed by atoms with van der Waals surface area (Å²) in [5.74, 6) is -2.22. The number of methoxy groups -OCH3 is 1. The Hall–Kier alpha value is -1.92. The summed E-state index contributed by atoms with van der Waals surface area (Å²) in [7, 11) is 1.16. The molecule has 0 saturated heterocycles. The number of unbranched alkanes of at least 4 members (excludes halogenated alkanes) is 1. The van der Waals surface area contributed by atoms with Crippen LogP contribution < -0.4 is 4.74 Å². The monoisotopic (exact) mass is 292 g/mol. The minimum absolute atomic E-state index is 0.00189. The third-order valence-corrected chi connectivity index (χ3v) is 2.57. The molecule has 0 spiro atoms. The molecule has 0 heterocycles. The number of carbonyl (C=O) groups is 1. The molecule has 0 aliphatic carbocycles. The van der Waals surface area contributed by atoms with Gasteiger partial charge in [0, 0.05) is 6.07 Å². The van der Waals surface area contributed by atoms with E-state index in [0.29, 0.717) is 12.5 Å². The number of rotatable bonds is 5. The average molecular weight is 292 g/mol. The predicted molar refractivity (Wildman–Crippen MR) is 64.9 cm³/mol. The van der Waals surface area contributed by atoms with Gasteiger partial charge in [0.1, 0.15) is 17.1 Å². The second kappa shape index (κ2) is 6.49. The van der Waals surface area contributed by atoms with Crippen molar-refractivity contribution in [1.29, 1.82) is 0 Å². The molecule has 7 heteroatoms. The normalized spacial score (nSPS) is 11.2. The Kier molecular flexibility index (Phi) is 5.24. The second-order valence-electron chi connectivity index (χ2n) is 4.06. The molecular weight excluding hydrogens is 277 g/mol. The standard InChI is InChI=1S/C13H15F3O4/c1-3-4-5-20-12(18)11-9(13(14,15)16)6-8(19-2)7-10(11)17/h6-7,17H,3-5H2,1-2H3. The van der Waals surface area contributed by atoms with Crippen molar-refractivity contribution in [2.24, 2.45) is 0 Å². The van der Waals surface area contributed by atoms with E-state index in [2.05, 4.69) is 4.74 Å². The lowest BCUT2D eigenvalue weighted by atomic mass is 10.1. The van der Waals surface area contributed by atoms with Gasteiger partial charge >= 0.3 is 12.1 Å². The fraction of sp³-hybridized carbons (Fsp3) is 0.462. The summed E-state index contributed by atoms with van der Waals surface area (Å²) in [4.78, 5) is 11.7. The highest BCUT2D eigenvalue weighted by Gasteiger charge is 2.38. The van der Waals surface area contributed by atoms with Crippen LogP contribution in [-0.4, -0.2) is 24.8 Å². The van der Waals surface area contributed by atoms with Gasteiger partial charge in [-0.2, -0.15) is 13.2 Å². The number of halogens is 3. The van der Waals surface area contributed by atoms with Gasteiger partial charge in [0.25, 0.3) is 0 Å². The van der Waals surface area contributed by atoms with Gasteiger partial charge in [-0.15, -0.1) is 0 Å². The first kappa shape index (κ1) is 16.1. The first-order chi connectivity index (χ1) is 9.31. The van der Waals surface area contributed by atoms with Gasteiger partial charge < -0.3 is 14.6 Å². The first-order valence-electron chi connectivity index (χ1n) is 5.96. The Balaban J connectivity index is 3.19. The third-order valence-electron chi connectivity index (χ3n) is 2.57. The lowest BCUT2D eigenvalue weighted by Crippen LogP contribution is -2.16. The Labute approximate surface area is 114 Å². The highest BCUT2D eigenvalue weighted by Crippen LogP contribution is 2.39. The highest BCUT2D eigenvalue weighted by atomic mass is 19.4. The van der Waals surface area contributed by atoms with E-state index in [1.54, 1.807) is 0 Å². The Morgan fingerprint density at radius 1 is 1.35 bits per heavy atom. The van der Waals surface area contributed by atoms with Crippen molar-refractivity contribution in [3.8, 4) is 11.5 Å². The fourth-order valence-electron chi connectivity index (χ4n) is 1.54. The number of benzene rings is 1. The zero-order valence-electron chi connectivity index (χ0n) is 11.1. The molecule has 0 aliphatic rings. The molecule has 0 atom stereocenters. The average Bonchev–Trinajstić information content (AvgIpc) is 2.36. The van der Waals surface area contributed by atoms with E-state index in [9.17, 15) is 23.1 Å². The summed E-state index contributed by atoms with van der Waals surface area (Å²) in [6.07, 6.45) is -3.54. The molecule has 0 fully saturated rings. The number of hydrogen-bond donors (Lipinski definition) is 1. The largest absolute Gasteiger partial charge is 0.507 e. The number of phenols is 1. The molecule has 20 heavy (non-hydrogen) atoms. The van der Waals surface area contributed by atoms with E-state index in [-0.39, 0.29) is 12.4 Å². The summed E-state index contributed by atoms with van der Waals surface area (Å²) in [5, 5.41) is 9.61.